The zero-order valence-corrected chi connectivity index (χ0v) is 28.6. The predicted molar refractivity (Wildman–Crippen MR) is 190 cm³/mol. The molecule has 48 heavy (non-hydrogen) atoms. The number of phenolic OH excluding ortho intramolecular Hbond substituents is 6. The highest BCUT2D eigenvalue weighted by atomic mass is 16.3. The zero-order valence-electron chi connectivity index (χ0n) is 28.6. The Kier molecular flexibility index (Phi) is 13.3. The van der Waals surface area contributed by atoms with E-state index in [0.29, 0.717) is 36.0 Å². The maximum Gasteiger partial charge on any atom is 0.167 e. The Labute approximate surface area is 284 Å². The number of nitrogens with zero attached hydrogens (tertiary/aromatic N) is 3. The summed E-state index contributed by atoms with van der Waals surface area (Å²) in [6.07, 6.45) is 13.9. The number of benzene rings is 3. The zero-order chi connectivity index (χ0) is 34.6. The lowest BCUT2D eigenvalue weighted by Gasteiger charge is -2.15. The third-order valence-electron chi connectivity index (χ3n) is 8.85. The van der Waals surface area contributed by atoms with Crippen molar-refractivity contribution in [2.24, 2.45) is 0 Å². The molecule has 0 saturated heterocycles. The van der Waals surface area contributed by atoms with E-state index in [9.17, 15) is 30.6 Å². The number of aryl methyl sites for hydroxylation is 3. The molecule has 0 amide bonds. The van der Waals surface area contributed by atoms with Crippen LogP contribution >= 0.6 is 0 Å². The van der Waals surface area contributed by atoms with Crippen molar-refractivity contribution in [3.63, 3.8) is 0 Å². The number of phenols is 6. The minimum absolute atomic E-state index is 0.0185. The Morgan fingerprint density at radius 3 is 0.875 bits per heavy atom. The molecule has 6 N–H and O–H groups in total. The summed E-state index contributed by atoms with van der Waals surface area (Å²) < 4.78 is 0. The fourth-order valence-electron chi connectivity index (χ4n) is 5.97. The first-order valence-corrected chi connectivity index (χ1v) is 17.6. The van der Waals surface area contributed by atoms with Crippen molar-refractivity contribution in [2.45, 2.75) is 117 Å². The van der Waals surface area contributed by atoms with Crippen molar-refractivity contribution >= 4 is 0 Å². The summed E-state index contributed by atoms with van der Waals surface area (Å²) in [6, 6.07) is 8.87. The van der Waals surface area contributed by atoms with Crippen molar-refractivity contribution in [2.75, 3.05) is 0 Å². The second-order valence-electron chi connectivity index (χ2n) is 12.7. The summed E-state index contributed by atoms with van der Waals surface area (Å²) in [5, 5.41) is 65.0. The van der Waals surface area contributed by atoms with Crippen LogP contribution in [0.3, 0.4) is 0 Å². The van der Waals surface area contributed by atoms with Crippen molar-refractivity contribution in [3.8, 4) is 68.7 Å². The summed E-state index contributed by atoms with van der Waals surface area (Å²) in [6.45, 7) is 6.40. The standard InChI is InChI=1S/C39H51N3O6/c1-4-7-10-13-16-25-19-28(34(46)22-31(25)43)37-40-38(29-20-26(17-14-11-8-5-2)32(44)23-35(29)47)42-39(41-37)30-21-27(18-15-12-9-6-3)33(45)24-36(30)48/h19-24,43-48H,4-18H2,1-3H3. The Morgan fingerprint density at radius 2 is 0.625 bits per heavy atom. The van der Waals surface area contributed by atoms with Crippen molar-refractivity contribution in [1.82, 2.24) is 15.0 Å². The molecule has 0 aliphatic carbocycles. The van der Waals surface area contributed by atoms with Gasteiger partial charge >= 0.3 is 0 Å². The molecule has 1 aromatic heterocycles. The van der Waals surface area contributed by atoms with Crippen LogP contribution in [0.15, 0.2) is 36.4 Å². The first-order valence-electron chi connectivity index (χ1n) is 17.6. The number of aromatic nitrogens is 3. The highest BCUT2D eigenvalue weighted by molar-refractivity contribution is 5.76. The van der Waals surface area contributed by atoms with Crippen LogP contribution in [0, 0.1) is 0 Å². The Hall–Kier alpha value is -4.53. The maximum absolute atomic E-state index is 11.0. The molecule has 0 spiro atoms. The summed E-state index contributed by atoms with van der Waals surface area (Å²) in [5.74, 6) is -0.508. The molecule has 9 heteroatoms. The van der Waals surface area contributed by atoms with Crippen LogP contribution in [0.25, 0.3) is 34.2 Å². The normalized spacial score (nSPS) is 11.3. The van der Waals surface area contributed by atoms with Crippen molar-refractivity contribution in [3.05, 3.63) is 53.1 Å². The van der Waals surface area contributed by atoms with E-state index >= 15 is 0 Å². The Bertz CT molecular complexity index is 1470. The molecule has 0 bridgehead atoms. The quantitative estimate of drug-likeness (QED) is 0.0573. The lowest BCUT2D eigenvalue weighted by Crippen LogP contribution is -2.02. The first-order chi connectivity index (χ1) is 23.2. The summed E-state index contributed by atoms with van der Waals surface area (Å²) in [5.41, 5.74) is 2.72. The number of unbranched alkanes of at least 4 members (excludes halogenated alkanes) is 9. The third-order valence-corrected chi connectivity index (χ3v) is 8.85. The highest BCUT2D eigenvalue weighted by Gasteiger charge is 2.22. The lowest BCUT2D eigenvalue weighted by atomic mass is 10.00. The number of hydrogen-bond donors (Lipinski definition) is 6. The fourth-order valence-corrected chi connectivity index (χ4v) is 5.97. The molecule has 0 radical (unpaired) electrons. The maximum atomic E-state index is 11.0. The Morgan fingerprint density at radius 1 is 0.354 bits per heavy atom. The minimum Gasteiger partial charge on any atom is -0.508 e. The molecule has 0 fully saturated rings. The number of rotatable bonds is 18. The molecule has 4 rings (SSSR count). The van der Waals surface area contributed by atoms with Gasteiger partial charge in [0, 0.05) is 18.2 Å². The van der Waals surface area contributed by atoms with E-state index in [2.05, 4.69) is 35.7 Å². The van der Waals surface area contributed by atoms with Gasteiger partial charge in [-0.25, -0.2) is 15.0 Å². The highest BCUT2D eigenvalue weighted by Crippen LogP contribution is 2.40. The van der Waals surface area contributed by atoms with Crippen LogP contribution in [0.5, 0.6) is 34.5 Å². The molecule has 0 unspecified atom stereocenters. The second kappa shape index (κ2) is 17.6. The van der Waals surface area contributed by atoms with Gasteiger partial charge in [-0.2, -0.15) is 0 Å². The third kappa shape index (κ3) is 9.30. The van der Waals surface area contributed by atoms with Crippen LogP contribution in [-0.4, -0.2) is 45.6 Å². The van der Waals surface area contributed by atoms with Gasteiger partial charge in [0.25, 0.3) is 0 Å². The van der Waals surface area contributed by atoms with Gasteiger partial charge in [-0.1, -0.05) is 78.6 Å². The van der Waals surface area contributed by atoms with E-state index in [4.69, 9.17) is 0 Å². The van der Waals surface area contributed by atoms with Gasteiger partial charge in [0.15, 0.2) is 17.5 Å². The summed E-state index contributed by atoms with van der Waals surface area (Å²) >= 11 is 0. The van der Waals surface area contributed by atoms with Crippen LogP contribution < -0.4 is 0 Å². The average molecular weight is 658 g/mol. The van der Waals surface area contributed by atoms with Crippen molar-refractivity contribution < 1.29 is 30.6 Å². The topological polar surface area (TPSA) is 160 Å². The van der Waals surface area contributed by atoms with E-state index in [1.807, 2.05) is 0 Å². The van der Waals surface area contributed by atoms with E-state index in [1.165, 1.54) is 18.2 Å². The van der Waals surface area contributed by atoms with Gasteiger partial charge in [-0.3, -0.25) is 0 Å². The van der Waals surface area contributed by atoms with E-state index < -0.39 is 0 Å². The summed E-state index contributed by atoms with van der Waals surface area (Å²) in [7, 11) is 0. The van der Waals surface area contributed by atoms with Gasteiger partial charge in [0.1, 0.15) is 34.5 Å². The lowest BCUT2D eigenvalue weighted by molar-refractivity contribution is 0.445. The molecule has 0 saturated carbocycles. The van der Waals surface area contributed by atoms with Crippen LogP contribution in [0.4, 0.5) is 0 Å². The van der Waals surface area contributed by atoms with E-state index in [0.717, 1.165) is 77.0 Å². The monoisotopic (exact) mass is 657 g/mol. The van der Waals surface area contributed by atoms with Gasteiger partial charge in [0.2, 0.25) is 0 Å². The van der Waals surface area contributed by atoms with E-state index in [-0.39, 0.29) is 68.7 Å². The molecule has 0 aliphatic rings. The van der Waals surface area contributed by atoms with Crippen LogP contribution in [0.2, 0.25) is 0 Å². The molecular formula is C39H51N3O6. The molecule has 0 aliphatic heterocycles. The molecular weight excluding hydrogens is 606 g/mol. The van der Waals surface area contributed by atoms with Gasteiger partial charge in [-0.15, -0.1) is 0 Å². The molecule has 1 heterocycles. The minimum atomic E-state index is -0.231. The van der Waals surface area contributed by atoms with Crippen molar-refractivity contribution in [1.29, 1.82) is 0 Å². The molecule has 3 aromatic carbocycles. The Balaban J connectivity index is 1.87. The molecule has 0 atom stereocenters. The smallest absolute Gasteiger partial charge is 0.167 e. The average Bonchev–Trinajstić information content (AvgIpc) is 3.05. The molecule has 258 valence electrons. The van der Waals surface area contributed by atoms with E-state index in [1.54, 1.807) is 18.2 Å². The number of aromatic hydroxyl groups is 6. The van der Waals surface area contributed by atoms with Crippen LogP contribution in [0.1, 0.15) is 115 Å². The molecule has 4 aromatic rings. The largest absolute Gasteiger partial charge is 0.508 e. The predicted octanol–water partition coefficient (Wildman–Crippen LogP) is 9.47. The number of hydrogen-bond acceptors (Lipinski definition) is 9. The first kappa shape index (κ1) is 36.3. The SMILES string of the molecule is CCCCCCc1cc(-c2nc(-c3cc(CCCCCC)c(O)cc3O)nc(-c3cc(CCCCCC)c(O)cc3O)n2)c(O)cc1O. The fraction of sp³-hybridized carbons (Fsp3) is 0.462. The second-order valence-corrected chi connectivity index (χ2v) is 12.7. The van der Waals surface area contributed by atoms with Crippen LogP contribution in [-0.2, 0) is 19.3 Å². The van der Waals surface area contributed by atoms with Gasteiger partial charge in [-0.05, 0) is 73.4 Å². The molecule has 9 nitrogen and oxygen atoms in total. The van der Waals surface area contributed by atoms with Gasteiger partial charge < -0.3 is 30.6 Å². The summed E-state index contributed by atoms with van der Waals surface area (Å²) in [4.78, 5) is 14.1. The van der Waals surface area contributed by atoms with Gasteiger partial charge in [0.05, 0.1) is 16.7 Å².